The van der Waals surface area contributed by atoms with Gasteiger partial charge in [-0.25, -0.2) is 17.5 Å². The highest BCUT2D eigenvalue weighted by molar-refractivity contribution is 7.89. The molecule has 22 heavy (non-hydrogen) atoms. The largest absolute Gasteiger partial charge is 0.383 e. The van der Waals surface area contributed by atoms with Crippen LogP contribution in [-0.2, 0) is 14.8 Å². The van der Waals surface area contributed by atoms with E-state index in [4.69, 9.17) is 4.74 Å². The van der Waals surface area contributed by atoms with E-state index in [1.165, 1.54) is 18.2 Å². The average Bonchev–Trinajstić information content (AvgIpc) is 2.47. The molecule has 2 rings (SSSR count). The van der Waals surface area contributed by atoms with Gasteiger partial charge in [-0.1, -0.05) is 6.07 Å². The van der Waals surface area contributed by atoms with Crippen LogP contribution in [0.5, 0.6) is 0 Å². The van der Waals surface area contributed by atoms with Crippen molar-refractivity contribution in [1.29, 1.82) is 0 Å². The van der Waals surface area contributed by atoms with Gasteiger partial charge in [0, 0.05) is 25.7 Å². The average molecular weight is 330 g/mol. The summed E-state index contributed by atoms with van der Waals surface area (Å²) in [4.78, 5) is 2.18. The second-order valence-corrected chi connectivity index (χ2v) is 7.43. The van der Waals surface area contributed by atoms with Gasteiger partial charge in [0.15, 0.2) is 0 Å². The number of sulfonamides is 1. The molecule has 5 nitrogen and oxygen atoms in total. The van der Waals surface area contributed by atoms with Gasteiger partial charge in [-0.15, -0.1) is 0 Å². The molecule has 1 aromatic carbocycles. The van der Waals surface area contributed by atoms with Gasteiger partial charge < -0.3 is 4.74 Å². The highest BCUT2D eigenvalue weighted by Gasteiger charge is 2.27. The van der Waals surface area contributed by atoms with Crippen molar-refractivity contribution >= 4 is 10.0 Å². The Balaban J connectivity index is 2.03. The zero-order valence-electron chi connectivity index (χ0n) is 13.0. The second kappa shape index (κ2) is 7.50. The summed E-state index contributed by atoms with van der Waals surface area (Å²) in [7, 11) is -2.03. The summed E-state index contributed by atoms with van der Waals surface area (Å²) in [6.45, 7) is 4.25. The van der Waals surface area contributed by atoms with Crippen LogP contribution in [0.15, 0.2) is 29.2 Å². The van der Waals surface area contributed by atoms with E-state index in [1.54, 1.807) is 7.11 Å². The van der Waals surface area contributed by atoms with Crippen LogP contribution in [0.3, 0.4) is 0 Å². The van der Waals surface area contributed by atoms with Crippen molar-refractivity contribution in [2.45, 2.75) is 36.7 Å². The van der Waals surface area contributed by atoms with E-state index < -0.39 is 15.8 Å². The van der Waals surface area contributed by atoms with E-state index >= 15 is 0 Å². The summed E-state index contributed by atoms with van der Waals surface area (Å²) in [5.74, 6) is -0.554. The lowest BCUT2D eigenvalue weighted by Gasteiger charge is -2.36. The summed E-state index contributed by atoms with van der Waals surface area (Å²) < 4.78 is 45.7. The number of nitrogens with zero attached hydrogens (tertiary/aromatic N) is 1. The molecule has 1 fully saturated rings. The van der Waals surface area contributed by atoms with Gasteiger partial charge in [0.2, 0.25) is 10.0 Å². The molecular weight excluding hydrogens is 307 g/mol. The molecule has 0 aromatic heterocycles. The van der Waals surface area contributed by atoms with Crippen molar-refractivity contribution in [1.82, 2.24) is 9.62 Å². The van der Waals surface area contributed by atoms with Crippen LogP contribution in [-0.4, -0.2) is 52.2 Å². The molecule has 1 aliphatic heterocycles. The van der Waals surface area contributed by atoms with Crippen molar-refractivity contribution in [3.63, 3.8) is 0 Å². The maximum Gasteiger partial charge on any atom is 0.240 e. The van der Waals surface area contributed by atoms with E-state index in [-0.39, 0.29) is 17.0 Å². The SMILES string of the molecule is COC[C@H](C)N1CCC[C@@H](NS(=O)(=O)c2cccc(F)c2)C1. The molecule has 0 saturated carbocycles. The van der Waals surface area contributed by atoms with E-state index in [0.29, 0.717) is 13.2 Å². The van der Waals surface area contributed by atoms with E-state index in [0.717, 1.165) is 25.5 Å². The van der Waals surface area contributed by atoms with Gasteiger partial charge in [0.05, 0.1) is 11.5 Å². The molecule has 1 heterocycles. The lowest BCUT2D eigenvalue weighted by Crippen LogP contribution is -2.51. The lowest BCUT2D eigenvalue weighted by molar-refractivity contribution is 0.0786. The summed E-state index contributed by atoms with van der Waals surface area (Å²) >= 11 is 0. The van der Waals surface area contributed by atoms with E-state index in [9.17, 15) is 12.8 Å². The second-order valence-electron chi connectivity index (χ2n) is 5.72. The summed E-state index contributed by atoms with van der Waals surface area (Å²) in [6.07, 6.45) is 1.70. The highest BCUT2D eigenvalue weighted by atomic mass is 32.2. The molecule has 0 spiro atoms. The minimum Gasteiger partial charge on any atom is -0.383 e. The van der Waals surface area contributed by atoms with Gasteiger partial charge in [-0.05, 0) is 44.5 Å². The molecule has 0 amide bonds. The first-order valence-corrected chi connectivity index (χ1v) is 8.91. The van der Waals surface area contributed by atoms with Gasteiger partial charge in [0.1, 0.15) is 5.82 Å². The summed E-state index contributed by atoms with van der Waals surface area (Å²) in [6, 6.07) is 5.15. The molecule has 124 valence electrons. The maximum absolute atomic E-state index is 13.2. The van der Waals surface area contributed by atoms with Crippen molar-refractivity contribution < 1.29 is 17.5 Å². The first kappa shape index (κ1) is 17.3. The number of piperidine rings is 1. The molecule has 1 aromatic rings. The molecule has 7 heteroatoms. The first-order chi connectivity index (χ1) is 10.4. The minimum absolute atomic E-state index is 0.0328. The normalized spacial score (nSPS) is 21.7. The third-order valence-corrected chi connectivity index (χ3v) is 5.43. The predicted octanol–water partition coefficient (Wildman–Crippen LogP) is 1.60. The fourth-order valence-corrected chi connectivity index (χ4v) is 4.06. The Morgan fingerprint density at radius 1 is 1.50 bits per heavy atom. The molecule has 0 bridgehead atoms. The summed E-state index contributed by atoms with van der Waals surface area (Å²) in [5, 5.41) is 0. The number of halogens is 1. The Morgan fingerprint density at radius 3 is 2.95 bits per heavy atom. The number of hydrogen-bond acceptors (Lipinski definition) is 4. The van der Waals surface area contributed by atoms with Crippen LogP contribution in [0.2, 0.25) is 0 Å². The van der Waals surface area contributed by atoms with Crippen molar-refractivity contribution in [3.05, 3.63) is 30.1 Å². The number of benzene rings is 1. The molecule has 1 aliphatic rings. The van der Waals surface area contributed by atoms with Crippen molar-refractivity contribution in [3.8, 4) is 0 Å². The number of methoxy groups -OCH3 is 1. The van der Waals surface area contributed by atoms with Gasteiger partial charge >= 0.3 is 0 Å². The van der Waals surface area contributed by atoms with Crippen LogP contribution in [0, 0.1) is 5.82 Å². The lowest BCUT2D eigenvalue weighted by atomic mass is 10.1. The fraction of sp³-hybridized carbons (Fsp3) is 0.600. The number of rotatable bonds is 6. The van der Waals surface area contributed by atoms with Crippen LogP contribution in [0.1, 0.15) is 19.8 Å². The predicted molar refractivity (Wildman–Crippen MR) is 82.7 cm³/mol. The highest BCUT2D eigenvalue weighted by Crippen LogP contribution is 2.17. The Bertz CT molecular complexity index is 594. The van der Waals surface area contributed by atoms with Gasteiger partial charge in [-0.3, -0.25) is 4.90 Å². The molecule has 2 atom stereocenters. The minimum atomic E-state index is -3.69. The Labute approximate surface area is 131 Å². The smallest absolute Gasteiger partial charge is 0.240 e. The maximum atomic E-state index is 13.2. The molecule has 0 unspecified atom stereocenters. The zero-order chi connectivity index (χ0) is 16.2. The quantitative estimate of drug-likeness (QED) is 0.861. The van der Waals surface area contributed by atoms with E-state index in [1.807, 2.05) is 0 Å². The monoisotopic (exact) mass is 330 g/mol. The molecule has 0 radical (unpaired) electrons. The van der Waals surface area contributed by atoms with Crippen molar-refractivity contribution in [2.24, 2.45) is 0 Å². The van der Waals surface area contributed by atoms with Crippen LogP contribution in [0.25, 0.3) is 0 Å². The fourth-order valence-electron chi connectivity index (χ4n) is 2.77. The molecule has 0 aliphatic carbocycles. The van der Waals surface area contributed by atoms with Gasteiger partial charge in [0.25, 0.3) is 0 Å². The first-order valence-electron chi connectivity index (χ1n) is 7.43. The molecular formula is C15H23FN2O3S. The number of likely N-dealkylation sites (tertiary alicyclic amines) is 1. The van der Waals surface area contributed by atoms with Gasteiger partial charge in [-0.2, -0.15) is 0 Å². The number of hydrogen-bond donors (Lipinski definition) is 1. The Kier molecular flexibility index (Phi) is 5.91. The van der Waals surface area contributed by atoms with E-state index in [2.05, 4.69) is 16.5 Å². The van der Waals surface area contributed by atoms with Crippen LogP contribution >= 0.6 is 0 Å². The summed E-state index contributed by atoms with van der Waals surface area (Å²) in [5.41, 5.74) is 0. The van der Waals surface area contributed by atoms with Crippen LogP contribution < -0.4 is 4.72 Å². The third kappa shape index (κ3) is 4.49. The number of ether oxygens (including phenoxy) is 1. The molecule has 1 saturated heterocycles. The molecule has 1 N–H and O–H groups in total. The third-order valence-electron chi connectivity index (χ3n) is 3.91. The number of nitrogens with one attached hydrogen (secondary N) is 1. The topological polar surface area (TPSA) is 58.6 Å². The van der Waals surface area contributed by atoms with Crippen LogP contribution in [0.4, 0.5) is 4.39 Å². The standard InChI is InChI=1S/C15H23FN2O3S/c1-12(11-21-2)18-8-4-6-14(10-18)17-22(19,20)15-7-3-5-13(16)9-15/h3,5,7,9,12,14,17H,4,6,8,10-11H2,1-2H3/t12-,14+/m0/s1. The van der Waals surface area contributed by atoms with Crippen molar-refractivity contribution in [2.75, 3.05) is 26.8 Å². The Hall–Kier alpha value is -1.02. The Morgan fingerprint density at radius 2 is 2.27 bits per heavy atom. The zero-order valence-corrected chi connectivity index (χ0v) is 13.8.